The van der Waals surface area contributed by atoms with Gasteiger partial charge in [-0.3, -0.25) is 9.59 Å². The lowest BCUT2D eigenvalue weighted by molar-refractivity contribution is 0.0942. The molecule has 0 saturated carbocycles. The first-order chi connectivity index (χ1) is 20.2. The molecular formula is C33H28F2N4O3. The number of hydrogen-bond donors (Lipinski definition) is 4. The summed E-state index contributed by atoms with van der Waals surface area (Å²) in [7, 11) is 0. The van der Waals surface area contributed by atoms with Gasteiger partial charge in [-0.2, -0.15) is 0 Å². The molecule has 5 rings (SSSR count). The number of aliphatic hydroxyl groups is 1. The van der Waals surface area contributed by atoms with Crippen LogP contribution in [0.25, 0.3) is 22.4 Å². The van der Waals surface area contributed by atoms with E-state index in [-0.39, 0.29) is 34.5 Å². The normalized spacial score (nSPS) is 11.8. The van der Waals surface area contributed by atoms with Gasteiger partial charge in [0.1, 0.15) is 28.8 Å². The molecule has 1 heterocycles. The van der Waals surface area contributed by atoms with Crippen molar-refractivity contribution in [3.05, 3.63) is 131 Å². The van der Waals surface area contributed by atoms with E-state index in [1.165, 1.54) is 0 Å². The predicted molar refractivity (Wildman–Crippen MR) is 159 cm³/mol. The molecule has 0 aliphatic rings. The second-order valence-corrected chi connectivity index (χ2v) is 10.1. The fourth-order valence-corrected chi connectivity index (χ4v) is 4.46. The highest BCUT2D eigenvalue weighted by Crippen LogP contribution is 2.29. The average molecular weight is 567 g/mol. The van der Waals surface area contributed by atoms with E-state index in [9.17, 15) is 23.5 Å². The van der Waals surface area contributed by atoms with Crippen LogP contribution in [-0.4, -0.2) is 32.8 Å². The molecule has 4 N–H and O–H groups in total. The summed E-state index contributed by atoms with van der Waals surface area (Å²) >= 11 is 0. The molecule has 0 fully saturated rings. The van der Waals surface area contributed by atoms with Crippen molar-refractivity contribution in [3.63, 3.8) is 0 Å². The molecule has 4 aromatic carbocycles. The lowest BCUT2D eigenvalue weighted by atomic mass is 9.98. The van der Waals surface area contributed by atoms with Gasteiger partial charge < -0.3 is 20.7 Å². The molecule has 0 bridgehead atoms. The molecule has 42 heavy (non-hydrogen) atoms. The van der Waals surface area contributed by atoms with Crippen molar-refractivity contribution >= 4 is 39.7 Å². The Morgan fingerprint density at radius 1 is 0.857 bits per heavy atom. The Bertz CT molecular complexity index is 1780. The van der Waals surface area contributed by atoms with Crippen LogP contribution in [-0.2, 0) is 6.54 Å². The lowest BCUT2D eigenvalue weighted by Crippen LogP contribution is -2.29. The Morgan fingerprint density at radius 3 is 2.21 bits per heavy atom. The Labute approximate surface area is 240 Å². The van der Waals surface area contributed by atoms with Crippen LogP contribution in [0, 0.1) is 11.6 Å². The third-order valence-electron chi connectivity index (χ3n) is 6.49. The molecular weight excluding hydrogens is 538 g/mol. The van der Waals surface area contributed by atoms with Gasteiger partial charge in [0.05, 0.1) is 11.0 Å². The fraction of sp³-hybridized carbons (Fsp3) is 0.121. The summed E-state index contributed by atoms with van der Waals surface area (Å²) in [4.78, 5) is 33.3. The molecule has 9 heteroatoms. The number of halogens is 2. The number of imidazole rings is 1. The molecule has 5 aromatic rings. The molecule has 0 aliphatic carbocycles. The van der Waals surface area contributed by atoms with Crippen LogP contribution >= 0.6 is 0 Å². The third-order valence-corrected chi connectivity index (χ3v) is 6.49. The number of fused-ring (bicyclic) bond motifs is 1. The summed E-state index contributed by atoms with van der Waals surface area (Å²) in [5, 5.41) is 17.3. The van der Waals surface area contributed by atoms with Gasteiger partial charge in [0.15, 0.2) is 0 Å². The lowest BCUT2D eigenvalue weighted by Gasteiger charge is -2.10. The molecule has 0 aliphatic heterocycles. The minimum atomic E-state index is -0.892. The quantitative estimate of drug-likeness (QED) is 0.0882. The van der Waals surface area contributed by atoms with Crippen molar-refractivity contribution in [1.82, 2.24) is 15.3 Å². The van der Waals surface area contributed by atoms with E-state index in [0.29, 0.717) is 29.2 Å². The van der Waals surface area contributed by atoms with Gasteiger partial charge in [0.25, 0.3) is 5.91 Å². The summed E-state index contributed by atoms with van der Waals surface area (Å²) in [6.07, 6.45) is 0. The van der Waals surface area contributed by atoms with E-state index in [1.807, 2.05) is 32.0 Å². The Balaban J connectivity index is 1.44. The van der Waals surface area contributed by atoms with Crippen LogP contribution in [0.3, 0.4) is 0 Å². The van der Waals surface area contributed by atoms with Gasteiger partial charge in [-0.25, -0.2) is 13.8 Å². The van der Waals surface area contributed by atoms with Crippen molar-refractivity contribution in [1.29, 1.82) is 0 Å². The molecule has 0 saturated heterocycles. The summed E-state index contributed by atoms with van der Waals surface area (Å²) in [5.41, 5.74) is 3.26. The fourth-order valence-electron chi connectivity index (χ4n) is 4.46. The van der Waals surface area contributed by atoms with Gasteiger partial charge in [0.2, 0.25) is 5.78 Å². The molecule has 0 radical (unpaired) electrons. The molecule has 1 amide bonds. The molecule has 0 spiro atoms. The number of aromatic nitrogens is 2. The smallest absolute Gasteiger partial charge is 0.251 e. The van der Waals surface area contributed by atoms with Crippen LogP contribution in [0.2, 0.25) is 0 Å². The summed E-state index contributed by atoms with van der Waals surface area (Å²) in [6, 6.07) is 23.6. The zero-order valence-electron chi connectivity index (χ0n) is 22.9. The van der Waals surface area contributed by atoms with Crippen molar-refractivity contribution in [2.45, 2.75) is 26.4 Å². The van der Waals surface area contributed by atoms with Gasteiger partial charge >= 0.3 is 0 Å². The number of hydrogen-bond acceptors (Lipinski definition) is 5. The Kier molecular flexibility index (Phi) is 8.10. The van der Waals surface area contributed by atoms with Crippen molar-refractivity contribution in [3.8, 4) is 0 Å². The van der Waals surface area contributed by atoms with E-state index in [0.717, 1.165) is 23.4 Å². The number of Topliss-reactive ketones (excluding diaryl/α,β-unsaturated/α-hetero) is 1. The second kappa shape index (κ2) is 12.1. The second-order valence-electron chi connectivity index (χ2n) is 10.1. The predicted octanol–water partition coefficient (Wildman–Crippen LogP) is 6.90. The van der Waals surface area contributed by atoms with Crippen LogP contribution in [0.15, 0.2) is 91.0 Å². The van der Waals surface area contributed by atoms with Crippen molar-refractivity contribution < 1.29 is 23.5 Å². The summed E-state index contributed by atoms with van der Waals surface area (Å²) in [5.74, 6) is -3.04. The highest BCUT2D eigenvalue weighted by atomic mass is 19.1. The minimum absolute atomic E-state index is 0.0492. The number of anilines is 1. The number of carbonyl (C=O) groups is 2. The van der Waals surface area contributed by atoms with Gasteiger partial charge in [-0.1, -0.05) is 42.5 Å². The molecule has 7 nitrogen and oxygen atoms in total. The van der Waals surface area contributed by atoms with Crippen LogP contribution in [0.4, 0.5) is 14.5 Å². The first-order valence-electron chi connectivity index (χ1n) is 13.3. The maximum atomic E-state index is 14.0. The molecule has 0 atom stereocenters. The van der Waals surface area contributed by atoms with E-state index in [2.05, 4.69) is 20.6 Å². The number of aromatic amines is 1. The number of amides is 1. The van der Waals surface area contributed by atoms with Gasteiger partial charge in [-0.15, -0.1) is 0 Å². The average Bonchev–Trinajstić information content (AvgIpc) is 3.38. The maximum Gasteiger partial charge on any atom is 0.251 e. The highest BCUT2D eigenvalue weighted by molar-refractivity contribution is 6.33. The van der Waals surface area contributed by atoms with Crippen molar-refractivity contribution in [2.24, 2.45) is 0 Å². The number of ketones is 1. The Morgan fingerprint density at radius 2 is 1.55 bits per heavy atom. The van der Waals surface area contributed by atoms with Crippen LogP contribution in [0.5, 0.6) is 0 Å². The molecule has 0 unspecified atom stereocenters. The van der Waals surface area contributed by atoms with E-state index >= 15 is 0 Å². The number of rotatable bonds is 9. The standard InChI is InChI=1S/C33H28F2N4O3/c1-19(2)37-33(42)22-10-8-20(9-11-22)18-36-26-12-13-27-28(17-26)39-32(38-27)29(30(40)21-6-4-3-5-7-21)31(41)23-14-24(34)16-25(35)15-23/h3-17,19,36,41H,18H2,1-2H3,(H,37,42)(H,38,39)/b31-29-. The van der Waals surface area contributed by atoms with Crippen molar-refractivity contribution in [2.75, 3.05) is 5.32 Å². The zero-order chi connectivity index (χ0) is 29.8. The zero-order valence-corrected chi connectivity index (χ0v) is 22.9. The minimum Gasteiger partial charge on any atom is -0.506 e. The van der Waals surface area contributed by atoms with E-state index in [1.54, 1.807) is 54.6 Å². The summed E-state index contributed by atoms with van der Waals surface area (Å²) in [6.45, 7) is 4.30. The van der Waals surface area contributed by atoms with Gasteiger partial charge in [0, 0.05) is 41.0 Å². The highest BCUT2D eigenvalue weighted by Gasteiger charge is 2.24. The number of H-pyrrole nitrogens is 1. The maximum absolute atomic E-state index is 14.0. The number of aliphatic hydroxyl groups excluding tert-OH is 1. The number of allylic oxidation sites excluding steroid dienone is 1. The van der Waals surface area contributed by atoms with E-state index in [4.69, 9.17) is 0 Å². The number of nitrogens with one attached hydrogen (secondary N) is 3. The summed E-state index contributed by atoms with van der Waals surface area (Å²) < 4.78 is 28.0. The van der Waals surface area contributed by atoms with E-state index < -0.39 is 23.2 Å². The van der Waals surface area contributed by atoms with Gasteiger partial charge in [-0.05, 0) is 61.9 Å². The first-order valence-corrected chi connectivity index (χ1v) is 13.3. The largest absolute Gasteiger partial charge is 0.506 e. The Hall–Kier alpha value is -5.31. The van der Waals surface area contributed by atoms with Crippen LogP contribution in [0.1, 0.15) is 51.5 Å². The molecule has 212 valence electrons. The number of benzene rings is 4. The number of carbonyl (C=O) groups excluding carboxylic acids is 2. The number of nitrogens with zero attached hydrogens (tertiary/aromatic N) is 1. The van der Waals surface area contributed by atoms with Crippen LogP contribution < -0.4 is 10.6 Å². The molecule has 1 aromatic heterocycles. The monoisotopic (exact) mass is 566 g/mol. The topological polar surface area (TPSA) is 107 Å². The third kappa shape index (κ3) is 6.36. The first kappa shape index (κ1) is 28.2. The SMILES string of the molecule is CC(C)NC(=O)c1ccc(CNc2ccc3nc(/C(C(=O)c4ccccc4)=C(\O)c4cc(F)cc(F)c4)[nH]c3c2)cc1.